The maximum absolute atomic E-state index is 10.4. The van der Waals surface area contributed by atoms with Gasteiger partial charge in [0.05, 0.1) is 22.8 Å². The highest BCUT2D eigenvalue weighted by atomic mass is 16.5. The summed E-state index contributed by atoms with van der Waals surface area (Å²) in [6, 6.07) is 6.29. The second kappa shape index (κ2) is 5.12. The molecule has 0 fully saturated rings. The van der Waals surface area contributed by atoms with Crippen molar-refractivity contribution in [2.45, 2.75) is 0 Å². The quantitative estimate of drug-likeness (QED) is 0.674. The zero-order valence-corrected chi connectivity index (χ0v) is 10.8. The molecule has 0 aliphatic carbocycles. The molecule has 0 radical (unpaired) electrons. The highest BCUT2D eigenvalue weighted by molar-refractivity contribution is 5.79. The first kappa shape index (κ1) is 12.9. The molecule has 2 aromatic heterocycles. The number of rotatable bonds is 4. The van der Waals surface area contributed by atoms with Gasteiger partial charge >= 0.3 is 5.97 Å². The molecule has 0 bridgehead atoms. The molecular formula is C14H11N3O4. The van der Waals surface area contributed by atoms with Crippen LogP contribution in [-0.2, 0) is 4.79 Å². The number of hydrogen-bond donors (Lipinski definition) is 3. The Balaban J connectivity index is 1.93. The van der Waals surface area contributed by atoms with E-state index in [-0.39, 0.29) is 11.5 Å². The smallest absolute Gasteiger partial charge is 0.341 e. The van der Waals surface area contributed by atoms with Gasteiger partial charge < -0.3 is 19.9 Å². The van der Waals surface area contributed by atoms with Gasteiger partial charge in [0, 0.05) is 12.3 Å². The van der Waals surface area contributed by atoms with E-state index in [1.54, 1.807) is 30.6 Å². The number of aromatic nitrogens is 3. The predicted octanol–water partition coefficient (Wildman–Crippen LogP) is 1.79. The van der Waals surface area contributed by atoms with Gasteiger partial charge in [-0.05, 0) is 18.2 Å². The van der Waals surface area contributed by atoms with Crippen LogP contribution < -0.4 is 4.74 Å². The molecule has 0 atom stereocenters. The number of carboxylic acids is 1. The van der Waals surface area contributed by atoms with Crippen molar-refractivity contribution in [2.75, 3.05) is 6.61 Å². The molecule has 0 aliphatic rings. The fraction of sp³-hybridized carbons (Fsp3) is 0.0714. The minimum absolute atomic E-state index is 0.0510. The van der Waals surface area contributed by atoms with Crippen LogP contribution in [0.4, 0.5) is 0 Å². The molecule has 3 rings (SSSR count). The normalized spacial score (nSPS) is 10.7. The van der Waals surface area contributed by atoms with E-state index in [1.807, 2.05) is 0 Å². The number of benzene rings is 1. The lowest BCUT2D eigenvalue weighted by Gasteiger charge is -2.06. The highest BCUT2D eigenvalue weighted by Crippen LogP contribution is 2.31. The first-order chi connectivity index (χ1) is 10.1. The number of carbonyl (C=O) groups is 1. The highest BCUT2D eigenvalue weighted by Gasteiger charge is 2.11. The van der Waals surface area contributed by atoms with Crippen molar-refractivity contribution in [3.63, 3.8) is 0 Å². The molecule has 7 heteroatoms. The summed E-state index contributed by atoms with van der Waals surface area (Å²) in [5, 5.41) is 18.6. The Morgan fingerprint density at radius 3 is 2.90 bits per heavy atom. The van der Waals surface area contributed by atoms with Crippen LogP contribution in [0.2, 0.25) is 0 Å². The van der Waals surface area contributed by atoms with E-state index >= 15 is 0 Å². The zero-order valence-electron chi connectivity index (χ0n) is 10.8. The van der Waals surface area contributed by atoms with Crippen molar-refractivity contribution in [1.29, 1.82) is 0 Å². The second-order valence-corrected chi connectivity index (χ2v) is 4.34. The summed E-state index contributed by atoms with van der Waals surface area (Å²) in [5.41, 5.74) is 2.00. The van der Waals surface area contributed by atoms with Crippen molar-refractivity contribution < 1.29 is 19.7 Å². The zero-order chi connectivity index (χ0) is 14.8. The van der Waals surface area contributed by atoms with Gasteiger partial charge in [-0.15, -0.1) is 0 Å². The number of nitrogens with one attached hydrogen (secondary N) is 1. The third kappa shape index (κ3) is 2.62. The first-order valence-electron chi connectivity index (χ1n) is 6.11. The number of ether oxygens (including phenoxy) is 1. The predicted molar refractivity (Wildman–Crippen MR) is 74.1 cm³/mol. The molecule has 0 aliphatic heterocycles. The number of aromatic hydroxyl groups is 1. The number of imidazole rings is 1. The summed E-state index contributed by atoms with van der Waals surface area (Å²) in [6.45, 7) is -0.463. The number of aromatic amines is 1. The molecule has 0 amide bonds. The van der Waals surface area contributed by atoms with Crippen LogP contribution in [0, 0.1) is 0 Å². The van der Waals surface area contributed by atoms with Crippen LogP contribution in [0.15, 0.2) is 36.7 Å². The van der Waals surface area contributed by atoms with Gasteiger partial charge in [-0.1, -0.05) is 0 Å². The fourth-order valence-electron chi connectivity index (χ4n) is 1.93. The SMILES string of the molecule is O=C(O)COc1ccc(-c2nc3ccncc3[nH]2)c(O)c1. The van der Waals surface area contributed by atoms with Crippen LogP contribution >= 0.6 is 0 Å². The summed E-state index contributed by atoms with van der Waals surface area (Å²) in [6.07, 6.45) is 3.28. The van der Waals surface area contributed by atoms with Gasteiger partial charge in [-0.25, -0.2) is 9.78 Å². The van der Waals surface area contributed by atoms with Gasteiger partial charge in [-0.3, -0.25) is 4.98 Å². The molecular weight excluding hydrogens is 274 g/mol. The number of phenolic OH excluding ortho intramolecular Hbond substituents is 1. The largest absolute Gasteiger partial charge is 0.507 e. The number of hydrogen-bond acceptors (Lipinski definition) is 5. The van der Waals surface area contributed by atoms with Crippen molar-refractivity contribution in [3.8, 4) is 22.9 Å². The van der Waals surface area contributed by atoms with Crippen LogP contribution in [0.3, 0.4) is 0 Å². The third-order valence-corrected chi connectivity index (χ3v) is 2.87. The van der Waals surface area contributed by atoms with Crippen molar-refractivity contribution >= 4 is 17.0 Å². The van der Waals surface area contributed by atoms with Crippen molar-refractivity contribution in [2.24, 2.45) is 0 Å². The van der Waals surface area contributed by atoms with Gasteiger partial charge in [0.15, 0.2) is 6.61 Å². The van der Waals surface area contributed by atoms with E-state index < -0.39 is 12.6 Å². The Morgan fingerprint density at radius 2 is 2.19 bits per heavy atom. The summed E-state index contributed by atoms with van der Waals surface area (Å²) >= 11 is 0. The Hall–Kier alpha value is -3.09. The fourth-order valence-corrected chi connectivity index (χ4v) is 1.93. The van der Waals surface area contributed by atoms with E-state index in [0.717, 1.165) is 11.0 Å². The summed E-state index contributed by atoms with van der Waals surface area (Å²) in [5.74, 6) is -0.357. The standard InChI is InChI=1S/C14H11N3O4/c18-12-5-8(21-7-13(19)20)1-2-9(12)14-16-10-3-4-15-6-11(10)17-14/h1-6,18H,7H2,(H,16,17)(H,19,20). The van der Waals surface area contributed by atoms with Gasteiger partial charge in [0.2, 0.25) is 0 Å². The monoisotopic (exact) mass is 285 g/mol. The topological polar surface area (TPSA) is 108 Å². The van der Waals surface area contributed by atoms with Gasteiger partial charge in [0.1, 0.15) is 17.3 Å². The van der Waals surface area contributed by atoms with Crippen LogP contribution in [0.1, 0.15) is 0 Å². The van der Waals surface area contributed by atoms with Crippen molar-refractivity contribution in [3.05, 3.63) is 36.7 Å². The van der Waals surface area contributed by atoms with E-state index in [2.05, 4.69) is 15.0 Å². The molecule has 106 valence electrons. The third-order valence-electron chi connectivity index (χ3n) is 2.87. The van der Waals surface area contributed by atoms with Crippen LogP contribution in [0.5, 0.6) is 11.5 Å². The van der Waals surface area contributed by atoms with Crippen molar-refractivity contribution in [1.82, 2.24) is 15.0 Å². The van der Waals surface area contributed by atoms with E-state index in [4.69, 9.17) is 9.84 Å². The first-order valence-corrected chi connectivity index (χ1v) is 6.11. The van der Waals surface area contributed by atoms with E-state index in [0.29, 0.717) is 11.4 Å². The lowest BCUT2D eigenvalue weighted by molar-refractivity contribution is -0.139. The number of pyridine rings is 1. The lowest BCUT2D eigenvalue weighted by Crippen LogP contribution is -2.09. The molecule has 0 saturated carbocycles. The lowest BCUT2D eigenvalue weighted by atomic mass is 10.2. The number of carboxylic acid groups (broad SMARTS) is 1. The molecule has 21 heavy (non-hydrogen) atoms. The minimum Gasteiger partial charge on any atom is -0.507 e. The van der Waals surface area contributed by atoms with Gasteiger partial charge in [-0.2, -0.15) is 0 Å². The molecule has 0 spiro atoms. The Kier molecular flexibility index (Phi) is 3.15. The maximum atomic E-state index is 10.4. The molecule has 0 saturated heterocycles. The number of H-pyrrole nitrogens is 1. The number of aliphatic carboxylic acids is 1. The van der Waals surface area contributed by atoms with Crippen LogP contribution in [-0.4, -0.2) is 37.7 Å². The number of phenols is 1. The number of fused-ring (bicyclic) bond motifs is 1. The molecule has 0 unspecified atom stereocenters. The molecule has 1 aromatic carbocycles. The maximum Gasteiger partial charge on any atom is 0.341 e. The summed E-state index contributed by atoms with van der Waals surface area (Å²) in [7, 11) is 0. The number of nitrogens with zero attached hydrogens (tertiary/aromatic N) is 2. The van der Waals surface area contributed by atoms with Crippen LogP contribution in [0.25, 0.3) is 22.4 Å². The Morgan fingerprint density at radius 1 is 1.33 bits per heavy atom. The minimum atomic E-state index is -1.08. The Bertz CT molecular complexity index is 780. The molecule has 3 aromatic rings. The second-order valence-electron chi connectivity index (χ2n) is 4.34. The summed E-state index contributed by atoms with van der Waals surface area (Å²) in [4.78, 5) is 21.8. The summed E-state index contributed by atoms with van der Waals surface area (Å²) < 4.78 is 5.00. The van der Waals surface area contributed by atoms with E-state index in [1.165, 1.54) is 6.07 Å². The average Bonchev–Trinajstić information content (AvgIpc) is 2.88. The average molecular weight is 285 g/mol. The molecule has 2 heterocycles. The van der Waals surface area contributed by atoms with E-state index in [9.17, 15) is 9.90 Å². The Labute approximate surface area is 118 Å². The molecule has 7 nitrogen and oxygen atoms in total. The molecule has 3 N–H and O–H groups in total. The van der Waals surface area contributed by atoms with Gasteiger partial charge in [0.25, 0.3) is 0 Å².